The maximum atomic E-state index is 12.0. The Bertz CT molecular complexity index is 537. The Kier molecular flexibility index (Phi) is 3.75. The minimum Gasteiger partial charge on any atom is -0.324 e. The van der Waals surface area contributed by atoms with Gasteiger partial charge in [0.15, 0.2) is 0 Å². The summed E-state index contributed by atoms with van der Waals surface area (Å²) in [4.78, 5) is 12.0. The molecule has 1 amide bonds. The first-order valence-electron chi connectivity index (χ1n) is 5.85. The first kappa shape index (κ1) is 12.3. The van der Waals surface area contributed by atoms with Crippen LogP contribution in [0.15, 0.2) is 54.6 Å². The SMILES string of the molecule is Cc1cccc(NC(=O)C(N)c2ccccc2)c1. The van der Waals surface area contributed by atoms with Gasteiger partial charge in [0, 0.05) is 5.69 Å². The van der Waals surface area contributed by atoms with Crippen molar-refractivity contribution in [2.75, 3.05) is 5.32 Å². The monoisotopic (exact) mass is 240 g/mol. The van der Waals surface area contributed by atoms with Gasteiger partial charge < -0.3 is 11.1 Å². The highest BCUT2D eigenvalue weighted by Crippen LogP contribution is 2.14. The van der Waals surface area contributed by atoms with Crippen molar-refractivity contribution >= 4 is 11.6 Å². The number of amides is 1. The maximum Gasteiger partial charge on any atom is 0.245 e. The van der Waals surface area contributed by atoms with Crippen molar-refractivity contribution in [1.82, 2.24) is 0 Å². The number of nitrogens with one attached hydrogen (secondary N) is 1. The van der Waals surface area contributed by atoms with Crippen molar-refractivity contribution in [3.63, 3.8) is 0 Å². The van der Waals surface area contributed by atoms with Gasteiger partial charge in [-0.25, -0.2) is 0 Å². The third-order valence-corrected chi connectivity index (χ3v) is 2.73. The van der Waals surface area contributed by atoms with Crippen LogP contribution in [-0.2, 0) is 4.79 Å². The van der Waals surface area contributed by atoms with Crippen molar-refractivity contribution in [2.24, 2.45) is 5.73 Å². The third kappa shape index (κ3) is 2.96. The average molecular weight is 240 g/mol. The predicted octanol–water partition coefficient (Wildman–Crippen LogP) is 2.63. The fourth-order valence-electron chi connectivity index (χ4n) is 1.75. The van der Waals surface area contributed by atoms with Crippen LogP contribution in [0.1, 0.15) is 17.2 Å². The molecule has 0 aromatic heterocycles. The molecule has 18 heavy (non-hydrogen) atoms. The molecule has 0 radical (unpaired) electrons. The maximum absolute atomic E-state index is 12.0. The van der Waals surface area contributed by atoms with Crippen LogP contribution in [0, 0.1) is 6.92 Å². The molecule has 0 fully saturated rings. The molecule has 3 nitrogen and oxygen atoms in total. The second-order valence-corrected chi connectivity index (χ2v) is 4.25. The molecule has 1 atom stereocenters. The van der Waals surface area contributed by atoms with E-state index in [0.29, 0.717) is 0 Å². The lowest BCUT2D eigenvalue weighted by Crippen LogP contribution is -2.27. The van der Waals surface area contributed by atoms with Gasteiger partial charge in [-0.1, -0.05) is 42.5 Å². The summed E-state index contributed by atoms with van der Waals surface area (Å²) in [6.07, 6.45) is 0. The molecule has 0 aliphatic rings. The highest BCUT2D eigenvalue weighted by molar-refractivity contribution is 5.95. The number of nitrogens with two attached hydrogens (primary N) is 1. The molecule has 0 saturated carbocycles. The lowest BCUT2D eigenvalue weighted by molar-refractivity contribution is -0.117. The van der Waals surface area contributed by atoms with Crippen molar-refractivity contribution < 1.29 is 4.79 Å². The van der Waals surface area contributed by atoms with E-state index in [1.165, 1.54) is 0 Å². The highest BCUT2D eigenvalue weighted by Gasteiger charge is 2.15. The number of benzene rings is 2. The van der Waals surface area contributed by atoms with Crippen LogP contribution in [0.3, 0.4) is 0 Å². The van der Waals surface area contributed by atoms with E-state index in [1.807, 2.05) is 61.5 Å². The minimum absolute atomic E-state index is 0.202. The molecule has 3 N–H and O–H groups in total. The summed E-state index contributed by atoms with van der Waals surface area (Å²) in [5.74, 6) is -0.202. The van der Waals surface area contributed by atoms with Gasteiger partial charge in [-0.15, -0.1) is 0 Å². The molecule has 92 valence electrons. The molecule has 3 heteroatoms. The fourth-order valence-corrected chi connectivity index (χ4v) is 1.75. The molecule has 1 unspecified atom stereocenters. The van der Waals surface area contributed by atoms with Gasteiger partial charge in [0.25, 0.3) is 0 Å². The molecule has 2 rings (SSSR count). The molecule has 0 spiro atoms. The van der Waals surface area contributed by atoms with E-state index in [4.69, 9.17) is 5.73 Å². The van der Waals surface area contributed by atoms with Gasteiger partial charge >= 0.3 is 0 Å². The topological polar surface area (TPSA) is 55.1 Å². The fraction of sp³-hybridized carbons (Fsp3) is 0.133. The standard InChI is InChI=1S/C15H16N2O/c1-11-6-5-9-13(10-11)17-15(18)14(16)12-7-3-2-4-8-12/h2-10,14H,16H2,1H3,(H,17,18). The van der Waals surface area contributed by atoms with Crippen LogP contribution >= 0.6 is 0 Å². The Morgan fingerprint density at radius 2 is 1.83 bits per heavy atom. The lowest BCUT2D eigenvalue weighted by Gasteiger charge is -2.12. The van der Waals surface area contributed by atoms with E-state index in [0.717, 1.165) is 16.8 Å². The molecule has 0 aliphatic heterocycles. The van der Waals surface area contributed by atoms with E-state index in [-0.39, 0.29) is 5.91 Å². The number of hydrogen-bond acceptors (Lipinski definition) is 2. The average Bonchev–Trinajstić information content (AvgIpc) is 2.39. The summed E-state index contributed by atoms with van der Waals surface area (Å²) in [6, 6.07) is 16.3. The van der Waals surface area contributed by atoms with Gasteiger partial charge in [0.1, 0.15) is 6.04 Å². The molecule has 0 aliphatic carbocycles. The summed E-state index contributed by atoms with van der Waals surface area (Å²) in [5.41, 5.74) is 8.59. The van der Waals surface area contributed by atoms with E-state index < -0.39 is 6.04 Å². The smallest absolute Gasteiger partial charge is 0.245 e. The Labute approximate surface area is 107 Å². The summed E-state index contributed by atoms with van der Waals surface area (Å²) < 4.78 is 0. The Morgan fingerprint density at radius 1 is 1.11 bits per heavy atom. The number of aryl methyl sites for hydroxylation is 1. The highest BCUT2D eigenvalue weighted by atomic mass is 16.2. The molecular formula is C15H16N2O. The largest absolute Gasteiger partial charge is 0.324 e. The molecule has 2 aromatic carbocycles. The van der Waals surface area contributed by atoms with E-state index in [1.54, 1.807) is 0 Å². The summed E-state index contributed by atoms with van der Waals surface area (Å²) in [7, 11) is 0. The van der Waals surface area contributed by atoms with Gasteiger partial charge in [-0.3, -0.25) is 4.79 Å². The number of carbonyl (C=O) groups is 1. The van der Waals surface area contributed by atoms with Crippen LogP contribution in [0.5, 0.6) is 0 Å². The molecule has 0 bridgehead atoms. The van der Waals surface area contributed by atoms with Gasteiger partial charge in [0.2, 0.25) is 5.91 Å². The Balaban J connectivity index is 2.09. The third-order valence-electron chi connectivity index (χ3n) is 2.73. The van der Waals surface area contributed by atoms with Crippen LogP contribution < -0.4 is 11.1 Å². The number of hydrogen-bond donors (Lipinski definition) is 2. The quantitative estimate of drug-likeness (QED) is 0.866. The summed E-state index contributed by atoms with van der Waals surface area (Å²) in [5, 5.41) is 2.82. The minimum atomic E-state index is -0.647. The zero-order valence-electron chi connectivity index (χ0n) is 10.3. The number of rotatable bonds is 3. The molecule has 2 aromatic rings. The first-order valence-corrected chi connectivity index (χ1v) is 5.85. The normalized spacial score (nSPS) is 11.9. The van der Waals surface area contributed by atoms with Crippen molar-refractivity contribution in [2.45, 2.75) is 13.0 Å². The zero-order chi connectivity index (χ0) is 13.0. The number of carbonyl (C=O) groups excluding carboxylic acids is 1. The van der Waals surface area contributed by atoms with Crippen LogP contribution in [-0.4, -0.2) is 5.91 Å². The van der Waals surface area contributed by atoms with E-state index in [2.05, 4.69) is 5.32 Å². The van der Waals surface area contributed by atoms with Crippen molar-refractivity contribution in [1.29, 1.82) is 0 Å². The van der Waals surface area contributed by atoms with E-state index in [9.17, 15) is 4.79 Å². The van der Waals surface area contributed by atoms with Gasteiger partial charge in [-0.05, 0) is 30.2 Å². The summed E-state index contributed by atoms with van der Waals surface area (Å²) in [6.45, 7) is 1.98. The molecular weight excluding hydrogens is 224 g/mol. The molecule has 0 heterocycles. The second-order valence-electron chi connectivity index (χ2n) is 4.25. The first-order chi connectivity index (χ1) is 8.66. The van der Waals surface area contributed by atoms with Gasteiger partial charge in [-0.2, -0.15) is 0 Å². The van der Waals surface area contributed by atoms with Crippen LogP contribution in [0.4, 0.5) is 5.69 Å². The second kappa shape index (κ2) is 5.47. The zero-order valence-corrected chi connectivity index (χ0v) is 10.3. The van der Waals surface area contributed by atoms with Crippen LogP contribution in [0.2, 0.25) is 0 Å². The van der Waals surface area contributed by atoms with Crippen molar-refractivity contribution in [3.8, 4) is 0 Å². The Hall–Kier alpha value is -2.13. The number of anilines is 1. The van der Waals surface area contributed by atoms with Crippen molar-refractivity contribution in [3.05, 3.63) is 65.7 Å². The lowest BCUT2D eigenvalue weighted by atomic mass is 10.1. The van der Waals surface area contributed by atoms with Crippen LogP contribution in [0.25, 0.3) is 0 Å². The van der Waals surface area contributed by atoms with E-state index >= 15 is 0 Å². The molecule has 0 saturated heterocycles. The summed E-state index contributed by atoms with van der Waals surface area (Å²) >= 11 is 0. The Morgan fingerprint density at radius 3 is 2.50 bits per heavy atom. The van der Waals surface area contributed by atoms with Gasteiger partial charge in [0.05, 0.1) is 0 Å². The predicted molar refractivity (Wildman–Crippen MR) is 73.2 cm³/mol.